The molecule has 2 aliphatic heterocycles. The third-order valence-corrected chi connectivity index (χ3v) is 6.46. The van der Waals surface area contributed by atoms with E-state index in [1.165, 1.54) is 13.2 Å². The number of benzene rings is 2. The summed E-state index contributed by atoms with van der Waals surface area (Å²) in [5, 5.41) is 0. The van der Waals surface area contributed by atoms with E-state index >= 15 is 0 Å². The minimum atomic E-state index is -3.76. The molecule has 6 nitrogen and oxygen atoms in total. The summed E-state index contributed by atoms with van der Waals surface area (Å²) in [6, 6.07) is 17.7. The van der Waals surface area contributed by atoms with Crippen molar-refractivity contribution in [3.8, 4) is 0 Å². The molecule has 4 rings (SSSR count). The first-order valence-electron chi connectivity index (χ1n) is 8.62. The van der Waals surface area contributed by atoms with Crippen LogP contribution < -0.4 is 0 Å². The number of sulfone groups is 1. The first-order valence-corrected chi connectivity index (χ1v) is 10.1. The molecule has 27 heavy (non-hydrogen) atoms. The van der Waals surface area contributed by atoms with Crippen LogP contribution in [0.15, 0.2) is 76.5 Å². The lowest BCUT2D eigenvalue weighted by Crippen LogP contribution is -2.49. The summed E-state index contributed by atoms with van der Waals surface area (Å²) >= 11 is 0. The molecule has 1 saturated heterocycles. The molecule has 0 aliphatic carbocycles. The molecule has 0 radical (unpaired) electrons. The molecular weight excluding hydrogens is 368 g/mol. The van der Waals surface area contributed by atoms with Gasteiger partial charge in [0.2, 0.25) is 9.84 Å². The standard InChI is InChI=1S/C20H20O6S/c1-23-18-12-17(27(21,22)15-10-6-3-7-11-15)19-16(25-18)13-24-20(26-19)14-8-4-2-5-9-14/h2-12,16,18-20H,13H2,1H3/t16-,18+,19-,20?/m1/s1. The van der Waals surface area contributed by atoms with Crippen molar-refractivity contribution >= 4 is 9.84 Å². The molecule has 0 N–H and O–H groups in total. The Morgan fingerprint density at radius 3 is 2.30 bits per heavy atom. The molecule has 142 valence electrons. The molecular formula is C20H20O6S. The van der Waals surface area contributed by atoms with Gasteiger partial charge in [-0.1, -0.05) is 48.5 Å². The van der Waals surface area contributed by atoms with Crippen LogP contribution >= 0.6 is 0 Å². The molecule has 0 aromatic heterocycles. The zero-order valence-electron chi connectivity index (χ0n) is 14.7. The minimum absolute atomic E-state index is 0.140. The molecule has 7 heteroatoms. The zero-order chi connectivity index (χ0) is 18.9. The van der Waals surface area contributed by atoms with E-state index in [0.29, 0.717) is 0 Å². The number of hydrogen-bond acceptors (Lipinski definition) is 6. The molecule has 2 aromatic rings. The van der Waals surface area contributed by atoms with E-state index < -0.39 is 34.6 Å². The summed E-state index contributed by atoms with van der Waals surface area (Å²) in [4.78, 5) is 0.346. The van der Waals surface area contributed by atoms with Crippen LogP contribution in [0.25, 0.3) is 0 Å². The summed E-state index contributed by atoms with van der Waals surface area (Å²) in [6.07, 6.45) is -1.32. The highest BCUT2D eigenvalue weighted by Crippen LogP contribution is 2.37. The summed E-state index contributed by atoms with van der Waals surface area (Å²) in [7, 11) is -2.30. The first kappa shape index (κ1) is 18.3. The van der Waals surface area contributed by atoms with Gasteiger partial charge < -0.3 is 18.9 Å². The third-order valence-electron chi connectivity index (χ3n) is 4.58. The van der Waals surface area contributed by atoms with Crippen LogP contribution in [0.3, 0.4) is 0 Å². The van der Waals surface area contributed by atoms with Gasteiger partial charge in [-0.25, -0.2) is 8.42 Å². The Labute approximate surface area is 158 Å². The highest BCUT2D eigenvalue weighted by molar-refractivity contribution is 7.95. The van der Waals surface area contributed by atoms with Gasteiger partial charge in [-0.05, 0) is 18.2 Å². The molecule has 1 unspecified atom stereocenters. The molecule has 0 amide bonds. The normalized spacial score (nSPS) is 28.3. The van der Waals surface area contributed by atoms with Gasteiger partial charge in [-0.3, -0.25) is 0 Å². The Morgan fingerprint density at radius 2 is 1.63 bits per heavy atom. The summed E-state index contributed by atoms with van der Waals surface area (Å²) in [6.45, 7) is 0.200. The highest BCUT2D eigenvalue weighted by Gasteiger charge is 2.45. The molecule has 0 spiro atoms. The average molecular weight is 388 g/mol. The average Bonchev–Trinajstić information content (AvgIpc) is 2.73. The highest BCUT2D eigenvalue weighted by atomic mass is 32.2. The first-order chi connectivity index (χ1) is 13.1. The van der Waals surface area contributed by atoms with E-state index in [2.05, 4.69) is 0 Å². The summed E-state index contributed by atoms with van der Waals surface area (Å²) < 4.78 is 49.3. The second kappa shape index (κ2) is 7.53. The molecule has 2 heterocycles. The molecule has 4 atom stereocenters. The van der Waals surface area contributed by atoms with Gasteiger partial charge in [0.25, 0.3) is 0 Å². The van der Waals surface area contributed by atoms with E-state index in [-0.39, 0.29) is 16.4 Å². The lowest BCUT2D eigenvalue weighted by molar-refractivity contribution is -0.282. The minimum Gasteiger partial charge on any atom is -0.352 e. The van der Waals surface area contributed by atoms with Gasteiger partial charge in [0.1, 0.15) is 12.2 Å². The lowest BCUT2D eigenvalue weighted by Gasteiger charge is -2.41. The Hall–Kier alpha value is -2.03. The van der Waals surface area contributed by atoms with Crippen molar-refractivity contribution in [3.63, 3.8) is 0 Å². The SMILES string of the molecule is CO[C@@H]1C=C(S(=O)(=O)c2ccccc2)[C@@H]2OC(c3ccccc3)OC[C@H]2O1. The fourth-order valence-electron chi connectivity index (χ4n) is 3.22. The lowest BCUT2D eigenvalue weighted by atomic mass is 10.1. The number of fused-ring (bicyclic) bond motifs is 1. The van der Waals surface area contributed by atoms with Crippen molar-refractivity contribution in [2.75, 3.05) is 13.7 Å². The van der Waals surface area contributed by atoms with Crippen molar-refractivity contribution in [2.45, 2.75) is 29.7 Å². The molecule has 0 bridgehead atoms. The Balaban J connectivity index is 1.71. The summed E-state index contributed by atoms with van der Waals surface area (Å²) in [5.41, 5.74) is 0.821. The van der Waals surface area contributed by atoms with Crippen LogP contribution in [0.2, 0.25) is 0 Å². The smallest absolute Gasteiger partial charge is 0.205 e. The van der Waals surface area contributed by atoms with Crippen molar-refractivity contribution in [1.82, 2.24) is 0 Å². The van der Waals surface area contributed by atoms with Gasteiger partial charge in [-0.15, -0.1) is 0 Å². The van der Waals surface area contributed by atoms with E-state index in [4.69, 9.17) is 18.9 Å². The van der Waals surface area contributed by atoms with Crippen LogP contribution in [0, 0.1) is 0 Å². The van der Waals surface area contributed by atoms with E-state index in [1.54, 1.807) is 30.3 Å². The van der Waals surface area contributed by atoms with Gasteiger partial charge in [-0.2, -0.15) is 0 Å². The Bertz CT molecular complexity index is 910. The largest absolute Gasteiger partial charge is 0.352 e. The Kier molecular flexibility index (Phi) is 5.12. The van der Waals surface area contributed by atoms with Crippen LogP contribution in [-0.4, -0.2) is 40.6 Å². The van der Waals surface area contributed by atoms with Gasteiger partial charge in [0.15, 0.2) is 12.6 Å². The maximum absolute atomic E-state index is 13.2. The van der Waals surface area contributed by atoms with Gasteiger partial charge in [0.05, 0.1) is 16.4 Å². The van der Waals surface area contributed by atoms with Crippen molar-refractivity contribution in [2.24, 2.45) is 0 Å². The number of hydrogen-bond donors (Lipinski definition) is 0. The van der Waals surface area contributed by atoms with Crippen molar-refractivity contribution < 1.29 is 27.4 Å². The van der Waals surface area contributed by atoms with Crippen LogP contribution in [-0.2, 0) is 28.8 Å². The van der Waals surface area contributed by atoms with Gasteiger partial charge in [0, 0.05) is 12.7 Å². The maximum Gasteiger partial charge on any atom is 0.205 e. The quantitative estimate of drug-likeness (QED) is 0.802. The van der Waals surface area contributed by atoms with Crippen LogP contribution in [0.4, 0.5) is 0 Å². The monoisotopic (exact) mass is 388 g/mol. The van der Waals surface area contributed by atoms with Crippen LogP contribution in [0.5, 0.6) is 0 Å². The van der Waals surface area contributed by atoms with Gasteiger partial charge >= 0.3 is 0 Å². The second-order valence-electron chi connectivity index (χ2n) is 6.30. The topological polar surface area (TPSA) is 71.1 Å². The predicted molar refractivity (Wildman–Crippen MR) is 97.4 cm³/mol. The van der Waals surface area contributed by atoms with E-state index in [9.17, 15) is 8.42 Å². The maximum atomic E-state index is 13.2. The van der Waals surface area contributed by atoms with E-state index in [0.717, 1.165) is 5.56 Å². The second-order valence-corrected chi connectivity index (χ2v) is 8.25. The molecule has 1 fully saturated rings. The fraction of sp³-hybridized carbons (Fsp3) is 0.300. The number of rotatable bonds is 4. The number of methoxy groups -OCH3 is 1. The Morgan fingerprint density at radius 1 is 0.963 bits per heavy atom. The molecule has 2 aromatic carbocycles. The van der Waals surface area contributed by atoms with Crippen LogP contribution in [0.1, 0.15) is 11.9 Å². The number of ether oxygens (including phenoxy) is 4. The predicted octanol–water partition coefficient (Wildman–Crippen LogP) is 2.83. The molecule has 2 aliphatic rings. The van der Waals surface area contributed by atoms with E-state index in [1.807, 2.05) is 30.3 Å². The van der Waals surface area contributed by atoms with Crippen molar-refractivity contribution in [1.29, 1.82) is 0 Å². The molecule has 0 saturated carbocycles. The summed E-state index contributed by atoms with van der Waals surface area (Å²) in [5.74, 6) is 0. The zero-order valence-corrected chi connectivity index (χ0v) is 15.5. The van der Waals surface area contributed by atoms with Crippen molar-refractivity contribution in [3.05, 3.63) is 77.2 Å². The third kappa shape index (κ3) is 3.56. The fourth-order valence-corrected chi connectivity index (χ4v) is 4.81.